The first kappa shape index (κ1) is 18.4. The maximum absolute atomic E-state index is 13.0. The van der Waals surface area contributed by atoms with Crippen molar-refractivity contribution in [1.82, 2.24) is 19.6 Å². The lowest BCUT2D eigenvalue weighted by Crippen LogP contribution is -2.37. The number of carbonyl (C=O) groups is 3. The van der Waals surface area contributed by atoms with Crippen LogP contribution in [0.15, 0.2) is 6.07 Å². The summed E-state index contributed by atoms with van der Waals surface area (Å²) < 4.78 is 6.49. The molecular formula is C18H26N4O4. The van der Waals surface area contributed by atoms with Crippen molar-refractivity contribution in [2.45, 2.75) is 39.8 Å². The van der Waals surface area contributed by atoms with Crippen LogP contribution in [-0.4, -0.2) is 64.1 Å². The number of ether oxygens (including phenoxy) is 1. The molecule has 26 heavy (non-hydrogen) atoms. The van der Waals surface area contributed by atoms with Crippen molar-refractivity contribution >= 4 is 17.8 Å². The summed E-state index contributed by atoms with van der Waals surface area (Å²) >= 11 is 0. The first-order valence-corrected chi connectivity index (χ1v) is 9.10. The lowest BCUT2D eigenvalue weighted by atomic mass is 10.1. The Morgan fingerprint density at radius 3 is 2.81 bits per heavy atom. The summed E-state index contributed by atoms with van der Waals surface area (Å²) in [5.74, 6) is -0.300. The van der Waals surface area contributed by atoms with Crippen molar-refractivity contribution in [3.05, 3.63) is 17.5 Å². The van der Waals surface area contributed by atoms with Gasteiger partial charge in [0.1, 0.15) is 0 Å². The van der Waals surface area contributed by atoms with E-state index in [-0.39, 0.29) is 29.8 Å². The molecule has 3 rings (SSSR count). The van der Waals surface area contributed by atoms with Crippen LogP contribution in [0.1, 0.15) is 42.9 Å². The zero-order chi connectivity index (χ0) is 18.8. The van der Waals surface area contributed by atoms with E-state index in [0.29, 0.717) is 38.6 Å². The van der Waals surface area contributed by atoms with Crippen LogP contribution in [0, 0.1) is 11.8 Å². The topological polar surface area (TPSA) is 84.7 Å². The number of rotatable bonds is 4. The minimum atomic E-state index is -0.478. The van der Waals surface area contributed by atoms with E-state index in [1.807, 2.05) is 0 Å². The van der Waals surface area contributed by atoms with Crippen molar-refractivity contribution in [3.8, 4) is 0 Å². The fourth-order valence-corrected chi connectivity index (χ4v) is 3.67. The second-order valence-electron chi connectivity index (χ2n) is 7.44. The predicted molar refractivity (Wildman–Crippen MR) is 93.1 cm³/mol. The molecule has 0 N–H and O–H groups in total. The largest absolute Gasteiger partial charge is 0.464 e. The van der Waals surface area contributed by atoms with Crippen LogP contribution in [0.25, 0.3) is 0 Å². The number of carbonyl (C=O) groups excluding carboxylic acids is 3. The number of fused-ring (bicyclic) bond motifs is 1. The fraction of sp³-hybridized carbons (Fsp3) is 0.667. The van der Waals surface area contributed by atoms with E-state index in [1.165, 1.54) is 7.11 Å². The smallest absolute Gasteiger partial charge is 0.358 e. The lowest BCUT2D eigenvalue weighted by molar-refractivity contribution is -0.136. The second kappa shape index (κ2) is 7.47. The lowest BCUT2D eigenvalue weighted by Gasteiger charge is -2.24. The summed E-state index contributed by atoms with van der Waals surface area (Å²) in [5, 5.41) is 4.27. The molecule has 8 heteroatoms. The second-order valence-corrected chi connectivity index (χ2v) is 7.44. The SMILES string of the molecule is COC(=O)c1cc2n(n1)CCCN(C(=O)C1CC(=O)N(CC(C)C)C1)C2. The third-order valence-corrected chi connectivity index (χ3v) is 4.87. The zero-order valence-electron chi connectivity index (χ0n) is 15.6. The number of methoxy groups -OCH3 is 1. The van der Waals surface area contributed by atoms with Gasteiger partial charge in [-0.1, -0.05) is 13.8 Å². The third kappa shape index (κ3) is 3.73. The highest BCUT2D eigenvalue weighted by Gasteiger charge is 2.37. The predicted octanol–water partition coefficient (Wildman–Crippen LogP) is 0.906. The number of amides is 2. The Bertz CT molecular complexity index is 712. The van der Waals surface area contributed by atoms with Gasteiger partial charge in [-0.25, -0.2) is 4.79 Å². The van der Waals surface area contributed by atoms with Gasteiger partial charge in [0, 0.05) is 32.6 Å². The van der Waals surface area contributed by atoms with Crippen molar-refractivity contribution < 1.29 is 19.1 Å². The number of hydrogen-bond acceptors (Lipinski definition) is 5. The number of nitrogens with zero attached hydrogens (tertiary/aromatic N) is 4. The van der Waals surface area contributed by atoms with Crippen LogP contribution in [0.4, 0.5) is 0 Å². The summed E-state index contributed by atoms with van der Waals surface area (Å²) in [6, 6.07) is 1.68. The molecule has 1 atom stereocenters. The molecule has 0 aliphatic carbocycles. The van der Waals surface area contributed by atoms with E-state index in [9.17, 15) is 14.4 Å². The minimum absolute atomic E-state index is 0.0128. The zero-order valence-corrected chi connectivity index (χ0v) is 15.6. The fourth-order valence-electron chi connectivity index (χ4n) is 3.67. The summed E-state index contributed by atoms with van der Waals surface area (Å²) in [6.45, 7) is 7.01. The van der Waals surface area contributed by atoms with Gasteiger partial charge in [0.15, 0.2) is 5.69 Å². The van der Waals surface area contributed by atoms with E-state index in [0.717, 1.165) is 12.1 Å². The van der Waals surface area contributed by atoms with Crippen LogP contribution in [-0.2, 0) is 27.4 Å². The van der Waals surface area contributed by atoms with Gasteiger partial charge >= 0.3 is 5.97 Å². The van der Waals surface area contributed by atoms with Crippen molar-refractivity contribution in [2.75, 3.05) is 26.7 Å². The van der Waals surface area contributed by atoms with E-state index in [4.69, 9.17) is 4.74 Å². The molecule has 1 aromatic heterocycles. The molecule has 2 amide bonds. The Labute approximate surface area is 153 Å². The average molecular weight is 362 g/mol. The molecule has 2 aliphatic heterocycles. The average Bonchev–Trinajstić information content (AvgIpc) is 3.10. The number of aromatic nitrogens is 2. The number of likely N-dealkylation sites (tertiary alicyclic amines) is 1. The van der Waals surface area contributed by atoms with E-state index in [2.05, 4.69) is 18.9 Å². The highest BCUT2D eigenvalue weighted by molar-refractivity contribution is 5.89. The molecule has 1 saturated heterocycles. The molecule has 0 spiro atoms. The van der Waals surface area contributed by atoms with Crippen LogP contribution < -0.4 is 0 Å². The Kier molecular flexibility index (Phi) is 5.29. The molecule has 8 nitrogen and oxygen atoms in total. The Balaban J connectivity index is 1.70. The minimum Gasteiger partial charge on any atom is -0.464 e. The summed E-state index contributed by atoms with van der Waals surface area (Å²) in [5.41, 5.74) is 1.08. The van der Waals surface area contributed by atoms with Crippen molar-refractivity contribution in [1.29, 1.82) is 0 Å². The van der Waals surface area contributed by atoms with Gasteiger partial charge in [0.05, 0.1) is 25.3 Å². The Morgan fingerprint density at radius 2 is 2.12 bits per heavy atom. The highest BCUT2D eigenvalue weighted by atomic mass is 16.5. The van der Waals surface area contributed by atoms with E-state index < -0.39 is 5.97 Å². The first-order valence-electron chi connectivity index (χ1n) is 9.10. The molecule has 0 saturated carbocycles. The van der Waals surface area contributed by atoms with Gasteiger partial charge in [0.25, 0.3) is 0 Å². The first-order chi connectivity index (χ1) is 12.4. The maximum atomic E-state index is 13.0. The van der Waals surface area contributed by atoms with Gasteiger partial charge in [-0.3, -0.25) is 14.3 Å². The molecule has 0 bridgehead atoms. The maximum Gasteiger partial charge on any atom is 0.358 e. The molecule has 1 unspecified atom stereocenters. The Hall–Kier alpha value is -2.38. The quantitative estimate of drug-likeness (QED) is 0.743. The highest BCUT2D eigenvalue weighted by Crippen LogP contribution is 2.23. The van der Waals surface area contributed by atoms with Crippen molar-refractivity contribution in [2.24, 2.45) is 11.8 Å². The molecule has 1 aromatic rings. The molecule has 3 heterocycles. The van der Waals surface area contributed by atoms with Crippen LogP contribution in [0.5, 0.6) is 0 Å². The number of esters is 1. The molecular weight excluding hydrogens is 336 g/mol. The van der Waals surface area contributed by atoms with E-state index >= 15 is 0 Å². The standard InChI is InChI=1S/C18H26N4O4/c1-12(2)9-21-10-13(7-16(21)23)17(24)20-5-4-6-22-14(11-20)8-15(19-22)18(25)26-3/h8,12-13H,4-7,9-11H2,1-3H3. The molecule has 0 radical (unpaired) electrons. The summed E-state index contributed by atoms with van der Waals surface area (Å²) in [4.78, 5) is 40.4. The van der Waals surface area contributed by atoms with Crippen LogP contribution in [0.3, 0.4) is 0 Å². The molecule has 1 fully saturated rings. The van der Waals surface area contributed by atoms with Crippen molar-refractivity contribution in [3.63, 3.8) is 0 Å². The summed E-state index contributed by atoms with van der Waals surface area (Å²) in [7, 11) is 1.32. The number of aryl methyl sites for hydroxylation is 1. The van der Waals surface area contributed by atoms with Gasteiger partial charge in [0.2, 0.25) is 11.8 Å². The van der Waals surface area contributed by atoms with E-state index in [1.54, 1.807) is 20.5 Å². The normalized spacial score (nSPS) is 20.3. The molecule has 142 valence electrons. The summed E-state index contributed by atoms with van der Waals surface area (Å²) in [6.07, 6.45) is 1.05. The Morgan fingerprint density at radius 1 is 1.35 bits per heavy atom. The van der Waals surface area contributed by atoms with Gasteiger partial charge in [-0.2, -0.15) is 5.10 Å². The van der Waals surface area contributed by atoms with Crippen LogP contribution in [0.2, 0.25) is 0 Å². The third-order valence-electron chi connectivity index (χ3n) is 4.87. The van der Waals surface area contributed by atoms with Gasteiger partial charge in [-0.05, 0) is 18.4 Å². The molecule has 2 aliphatic rings. The number of hydrogen-bond donors (Lipinski definition) is 0. The van der Waals surface area contributed by atoms with Crippen LogP contribution >= 0.6 is 0 Å². The van der Waals surface area contributed by atoms with Gasteiger partial charge < -0.3 is 14.5 Å². The van der Waals surface area contributed by atoms with Gasteiger partial charge in [-0.15, -0.1) is 0 Å². The molecule has 0 aromatic carbocycles. The monoisotopic (exact) mass is 362 g/mol.